The van der Waals surface area contributed by atoms with E-state index in [2.05, 4.69) is 20.7 Å². The first-order valence-electron chi connectivity index (χ1n) is 4.89. The molecule has 2 rings (SSSR count). The van der Waals surface area contributed by atoms with Crippen LogP contribution in [0, 0.1) is 0 Å². The minimum atomic E-state index is -0.680. The van der Waals surface area contributed by atoms with Gasteiger partial charge in [-0.3, -0.25) is 15.2 Å². The Morgan fingerprint density at radius 3 is 2.83 bits per heavy atom. The monoisotopic (exact) mass is 265 g/mol. The van der Waals surface area contributed by atoms with Gasteiger partial charge in [0.25, 0.3) is 5.56 Å². The van der Waals surface area contributed by atoms with Crippen LogP contribution in [0.2, 0.25) is 5.02 Å². The second-order valence-corrected chi connectivity index (χ2v) is 3.65. The van der Waals surface area contributed by atoms with E-state index >= 15 is 0 Å². The molecule has 0 aliphatic rings. The number of H-pyrrole nitrogens is 2. The fourth-order valence-corrected chi connectivity index (χ4v) is 1.35. The molecule has 8 heteroatoms. The lowest BCUT2D eigenvalue weighted by Gasteiger charge is -1.97. The van der Waals surface area contributed by atoms with Crippen LogP contribution in [0.3, 0.4) is 0 Å². The Bertz CT molecular complexity index is 691. The Kier molecular flexibility index (Phi) is 3.54. The van der Waals surface area contributed by atoms with Gasteiger partial charge in [0.15, 0.2) is 0 Å². The van der Waals surface area contributed by atoms with Gasteiger partial charge in [-0.05, 0) is 6.07 Å². The Balaban J connectivity index is 2.15. The van der Waals surface area contributed by atoms with E-state index in [1.165, 1.54) is 6.21 Å². The normalized spacial score (nSPS) is 10.7. The SMILES string of the molecule is O=c1[nH]nc(N/N=C\c2ccccc2Cl)c(=O)[nH]1. The van der Waals surface area contributed by atoms with Gasteiger partial charge >= 0.3 is 5.69 Å². The van der Waals surface area contributed by atoms with E-state index in [4.69, 9.17) is 11.6 Å². The van der Waals surface area contributed by atoms with E-state index in [9.17, 15) is 9.59 Å². The molecule has 0 amide bonds. The van der Waals surface area contributed by atoms with Crippen LogP contribution < -0.4 is 16.7 Å². The second kappa shape index (κ2) is 5.28. The van der Waals surface area contributed by atoms with Crippen LogP contribution >= 0.6 is 11.6 Å². The summed E-state index contributed by atoms with van der Waals surface area (Å²) in [6.45, 7) is 0. The van der Waals surface area contributed by atoms with Crippen LogP contribution in [0.25, 0.3) is 0 Å². The highest BCUT2D eigenvalue weighted by Crippen LogP contribution is 2.12. The fraction of sp³-hybridized carbons (Fsp3) is 0. The van der Waals surface area contributed by atoms with E-state index in [-0.39, 0.29) is 5.82 Å². The molecule has 7 nitrogen and oxygen atoms in total. The number of hydrogen-bond donors (Lipinski definition) is 3. The average Bonchev–Trinajstić information content (AvgIpc) is 2.34. The van der Waals surface area contributed by atoms with Gasteiger partial charge in [-0.25, -0.2) is 9.89 Å². The number of nitrogens with one attached hydrogen (secondary N) is 3. The molecule has 0 unspecified atom stereocenters. The molecular formula is C10H8ClN5O2. The van der Waals surface area contributed by atoms with Crippen LogP contribution in [0.15, 0.2) is 39.0 Å². The lowest BCUT2D eigenvalue weighted by Crippen LogP contribution is -2.25. The van der Waals surface area contributed by atoms with Crippen molar-refractivity contribution >= 4 is 23.6 Å². The van der Waals surface area contributed by atoms with Crippen LogP contribution in [-0.4, -0.2) is 21.4 Å². The van der Waals surface area contributed by atoms with Crippen LogP contribution in [0.4, 0.5) is 5.82 Å². The maximum absolute atomic E-state index is 11.2. The number of hydrazone groups is 1. The highest BCUT2D eigenvalue weighted by Gasteiger charge is 1.99. The molecule has 1 heterocycles. The molecule has 1 aromatic carbocycles. The van der Waals surface area contributed by atoms with Gasteiger partial charge in [-0.2, -0.15) is 5.10 Å². The predicted molar refractivity (Wildman–Crippen MR) is 68.1 cm³/mol. The first kappa shape index (κ1) is 12.1. The van der Waals surface area contributed by atoms with Crippen molar-refractivity contribution in [1.82, 2.24) is 15.2 Å². The van der Waals surface area contributed by atoms with Crippen molar-refractivity contribution in [3.05, 3.63) is 55.7 Å². The molecule has 0 aliphatic heterocycles. The van der Waals surface area contributed by atoms with Crippen LogP contribution in [0.5, 0.6) is 0 Å². The predicted octanol–water partition coefficient (Wildman–Crippen LogP) is 0.558. The summed E-state index contributed by atoms with van der Waals surface area (Å²) in [5.41, 5.74) is 1.75. The molecule has 1 aromatic heterocycles. The third-order valence-corrected chi connectivity index (χ3v) is 2.33. The summed E-state index contributed by atoms with van der Waals surface area (Å²) in [6, 6.07) is 7.07. The number of benzene rings is 1. The lowest BCUT2D eigenvalue weighted by molar-refractivity contribution is 0.890. The highest BCUT2D eigenvalue weighted by atomic mass is 35.5. The van der Waals surface area contributed by atoms with Gasteiger partial charge in [0.05, 0.1) is 6.21 Å². The Morgan fingerprint density at radius 1 is 1.33 bits per heavy atom. The maximum atomic E-state index is 11.2. The maximum Gasteiger partial charge on any atom is 0.342 e. The van der Waals surface area contributed by atoms with Gasteiger partial charge in [-0.1, -0.05) is 29.8 Å². The van der Waals surface area contributed by atoms with Gasteiger partial charge in [0, 0.05) is 10.6 Å². The summed E-state index contributed by atoms with van der Waals surface area (Å²) in [5.74, 6) is -0.113. The van der Waals surface area contributed by atoms with Crippen molar-refractivity contribution in [2.24, 2.45) is 5.10 Å². The lowest BCUT2D eigenvalue weighted by atomic mass is 10.2. The molecule has 0 bridgehead atoms. The summed E-state index contributed by atoms with van der Waals surface area (Å²) in [7, 11) is 0. The molecule has 0 spiro atoms. The summed E-state index contributed by atoms with van der Waals surface area (Å²) in [4.78, 5) is 24.0. The summed E-state index contributed by atoms with van der Waals surface area (Å²) in [5, 5.41) is 9.90. The standard InChI is InChI=1S/C10H8ClN5O2/c11-7-4-2-1-3-6(7)5-12-14-8-9(17)13-10(18)16-15-8/h1-5H,(H,14,15)(H2,13,16,17,18)/b12-5-. The molecule has 3 N–H and O–H groups in total. The van der Waals surface area contributed by atoms with Crippen molar-refractivity contribution in [2.45, 2.75) is 0 Å². The summed E-state index contributed by atoms with van der Waals surface area (Å²) in [6.07, 6.45) is 1.44. The van der Waals surface area contributed by atoms with Crippen molar-refractivity contribution in [3.63, 3.8) is 0 Å². The van der Waals surface area contributed by atoms with E-state index in [0.717, 1.165) is 0 Å². The van der Waals surface area contributed by atoms with E-state index in [0.29, 0.717) is 10.6 Å². The van der Waals surface area contributed by atoms with E-state index < -0.39 is 11.2 Å². The number of aromatic nitrogens is 3. The molecule has 92 valence electrons. The quantitative estimate of drug-likeness (QED) is 0.557. The molecule has 0 radical (unpaired) electrons. The summed E-state index contributed by atoms with van der Waals surface area (Å²) < 4.78 is 0. The molecule has 0 saturated heterocycles. The number of anilines is 1. The zero-order valence-corrected chi connectivity index (χ0v) is 9.73. The molecular weight excluding hydrogens is 258 g/mol. The third kappa shape index (κ3) is 2.83. The largest absolute Gasteiger partial charge is 0.342 e. The first-order valence-corrected chi connectivity index (χ1v) is 5.27. The third-order valence-electron chi connectivity index (χ3n) is 1.99. The zero-order chi connectivity index (χ0) is 13.0. The van der Waals surface area contributed by atoms with Crippen molar-refractivity contribution in [2.75, 3.05) is 5.43 Å². The van der Waals surface area contributed by atoms with Gasteiger partial charge in [0.1, 0.15) is 0 Å². The Labute approximate surface area is 106 Å². The molecule has 2 aromatic rings. The minimum Gasteiger partial charge on any atom is -0.270 e. The number of nitrogens with zero attached hydrogens (tertiary/aromatic N) is 2. The van der Waals surface area contributed by atoms with Gasteiger partial charge in [-0.15, -0.1) is 5.10 Å². The van der Waals surface area contributed by atoms with Crippen LogP contribution in [-0.2, 0) is 0 Å². The van der Waals surface area contributed by atoms with E-state index in [1.807, 2.05) is 4.98 Å². The smallest absolute Gasteiger partial charge is 0.270 e. The number of halogens is 1. The minimum absolute atomic E-state index is 0.113. The molecule has 0 aliphatic carbocycles. The van der Waals surface area contributed by atoms with Crippen molar-refractivity contribution in [3.8, 4) is 0 Å². The molecule has 18 heavy (non-hydrogen) atoms. The zero-order valence-electron chi connectivity index (χ0n) is 8.98. The van der Waals surface area contributed by atoms with Crippen LogP contribution in [0.1, 0.15) is 5.56 Å². The van der Waals surface area contributed by atoms with Gasteiger partial charge < -0.3 is 0 Å². The highest BCUT2D eigenvalue weighted by molar-refractivity contribution is 6.33. The summed E-state index contributed by atoms with van der Waals surface area (Å²) >= 11 is 5.91. The number of aromatic amines is 2. The molecule has 0 fully saturated rings. The Morgan fingerprint density at radius 2 is 2.11 bits per heavy atom. The molecule has 0 saturated carbocycles. The Hall–Kier alpha value is -2.41. The second-order valence-electron chi connectivity index (χ2n) is 3.25. The molecule has 0 atom stereocenters. The number of rotatable bonds is 3. The fourth-order valence-electron chi connectivity index (χ4n) is 1.17. The van der Waals surface area contributed by atoms with Gasteiger partial charge in [0.2, 0.25) is 5.82 Å². The van der Waals surface area contributed by atoms with Crippen molar-refractivity contribution < 1.29 is 0 Å². The van der Waals surface area contributed by atoms with E-state index in [1.54, 1.807) is 24.3 Å². The topological polar surface area (TPSA) is 103 Å². The van der Waals surface area contributed by atoms with Crippen molar-refractivity contribution in [1.29, 1.82) is 0 Å². The first-order chi connectivity index (χ1) is 8.66. The average molecular weight is 266 g/mol. The number of hydrogen-bond acceptors (Lipinski definition) is 5.